The zero-order valence-electron chi connectivity index (χ0n) is 11.0. The Balaban J connectivity index is 0.00000256. The van der Waals surface area contributed by atoms with Crippen molar-refractivity contribution in [1.82, 2.24) is 4.90 Å². The van der Waals surface area contributed by atoms with Crippen LogP contribution < -0.4 is 5.73 Å². The van der Waals surface area contributed by atoms with E-state index in [9.17, 15) is 0 Å². The molecule has 1 heterocycles. The van der Waals surface area contributed by atoms with Crippen molar-refractivity contribution in [3.05, 3.63) is 0 Å². The van der Waals surface area contributed by atoms with Gasteiger partial charge in [0.2, 0.25) is 0 Å². The highest BCUT2D eigenvalue weighted by atomic mass is 127. The Kier molecular flexibility index (Phi) is 9.91. The number of likely N-dealkylation sites (tertiary alicyclic amines) is 1. The highest BCUT2D eigenvalue weighted by molar-refractivity contribution is 14.0. The Morgan fingerprint density at radius 2 is 2.29 bits per heavy atom. The third-order valence-electron chi connectivity index (χ3n) is 2.91. The molecule has 0 radical (unpaired) electrons. The summed E-state index contributed by atoms with van der Waals surface area (Å²) >= 11 is 0. The van der Waals surface area contributed by atoms with E-state index >= 15 is 0 Å². The summed E-state index contributed by atoms with van der Waals surface area (Å²) in [5.41, 5.74) is 5.96. The molecule has 0 aromatic heterocycles. The maximum Gasteiger partial charge on any atom is 0.191 e. The zero-order valence-corrected chi connectivity index (χ0v) is 13.4. The van der Waals surface area contributed by atoms with Crippen LogP contribution in [0.4, 0.5) is 0 Å². The van der Waals surface area contributed by atoms with Gasteiger partial charge in [0.05, 0.1) is 0 Å². The molecule has 1 unspecified atom stereocenters. The second-order valence-electron chi connectivity index (χ2n) is 4.48. The Morgan fingerprint density at radius 3 is 2.94 bits per heavy atom. The largest absolute Gasteiger partial charge is 0.382 e. The average Bonchev–Trinajstić information content (AvgIpc) is 2.28. The smallest absolute Gasteiger partial charge is 0.191 e. The molecule has 0 saturated carbocycles. The maximum atomic E-state index is 5.96. The van der Waals surface area contributed by atoms with E-state index in [1.807, 2.05) is 6.92 Å². The van der Waals surface area contributed by atoms with Crippen LogP contribution >= 0.6 is 24.0 Å². The lowest BCUT2D eigenvalue weighted by atomic mass is 10.0. The van der Waals surface area contributed by atoms with Gasteiger partial charge in [0.1, 0.15) is 0 Å². The molecule has 102 valence electrons. The minimum Gasteiger partial charge on any atom is -0.382 e. The minimum atomic E-state index is 0. The van der Waals surface area contributed by atoms with Crippen molar-refractivity contribution in [3.8, 4) is 0 Å². The lowest BCUT2D eigenvalue weighted by Gasteiger charge is -2.31. The average molecular weight is 355 g/mol. The fourth-order valence-electron chi connectivity index (χ4n) is 2.00. The van der Waals surface area contributed by atoms with E-state index in [1.54, 1.807) is 0 Å². The van der Waals surface area contributed by atoms with E-state index in [-0.39, 0.29) is 24.0 Å². The van der Waals surface area contributed by atoms with Crippen LogP contribution in [0.15, 0.2) is 4.99 Å². The number of nitrogens with two attached hydrogens (primary N) is 1. The molecular weight excluding hydrogens is 329 g/mol. The molecule has 4 nitrogen and oxygen atoms in total. The van der Waals surface area contributed by atoms with E-state index in [0.29, 0.717) is 5.96 Å². The molecule has 1 aliphatic rings. The summed E-state index contributed by atoms with van der Waals surface area (Å²) in [6.07, 6.45) is 3.50. The predicted octanol–water partition coefficient (Wildman–Crippen LogP) is 2.08. The van der Waals surface area contributed by atoms with Gasteiger partial charge in [-0.1, -0.05) is 6.92 Å². The van der Waals surface area contributed by atoms with Crippen LogP contribution in [-0.4, -0.2) is 43.7 Å². The molecule has 1 fully saturated rings. The fourth-order valence-corrected chi connectivity index (χ4v) is 2.00. The minimum absolute atomic E-state index is 0. The summed E-state index contributed by atoms with van der Waals surface area (Å²) < 4.78 is 5.25. The molecule has 0 aromatic rings. The summed E-state index contributed by atoms with van der Waals surface area (Å²) in [5, 5.41) is 0. The van der Waals surface area contributed by atoms with Crippen molar-refractivity contribution in [2.75, 3.05) is 32.8 Å². The van der Waals surface area contributed by atoms with Crippen molar-refractivity contribution >= 4 is 29.9 Å². The molecule has 0 aromatic carbocycles. The number of nitrogens with zero attached hydrogens (tertiary/aromatic N) is 2. The Labute approximate surface area is 122 Å². The van der Waals surface area contributed by atoms with Crippen molar-refractivity contribution in [2.45, 2.75) is 33.1 Å². The Hall–Kier alpha value is -0.0400. The highest BCUT2D eigenvalue weighted by Gasteiger charge is 2.17. The first kappa shape index (κ1) is 17.0. The molecule has 17 heavy (non-hydrogen) atoms. The molecular formula is C12H26IN3O. The lowest BCUT2D eigenvalue weighted by Crippen LogP contribution is -2.43. The van der Waals surface area contributed by atoms with E-state index in [1.165, 1.54) is 12.8 Å². The molecule has 2 N–H and O–H groups in total. The van der Waals surface area contributed by atoms with Crippen LogP contribution in [0.1, 0.15) is 33.1 Å². The summed E-state index contributed by atoms with van der Waals surface area (Å²) in [6, 6.07) is 0. The second kappa shape index (κ2) is 9.94. The molecule has 0 aliphatic carbocycles. The maximum absolute atomic E-state index is 5.96. The van der Waals surface area contributed by atoms with Gasteiger partial charge >= 0.3 is 0 Å². The summed E-state index contributed by atoms with van der Waals surface area (Å²) in [4.78, 5) is 6.60. The molecule has 1 aliphatic heterocycles. The van der Waals surface area contributed by atoms with E-state index < -0.39 is 0 Å². The monoisotopic (exact) mass is 355 g/mol. The summed E-state index contributed by atoms with van der Waals surface area (Å²) in [6.45, 7) is 8.73. The summed E-state index contributed by atoms with van der Waals surface area (Å²) in [7, 11) is 0. The van der Waals surface area contributed by atoms with Gasteiger partial charge in [-0.2, -0.15) is 0 Å². The topological polar surface area (TPSA) is 50.9 Å². The van der Waals surface area contributed by atoms with Gasteiger partial charge in [0.25, 0.3) is 0 Å². The number of guanidine groups is 1. The quantitative estimate of drug-likeness (QED) is 0.356. The van der Waals surface area contributed by atoms with Gasteiger partial charge in [0.15, 0.2) is 5.96 Å². The van der Waals surface area contributed by atoms with Crippen LogP contribution in [-0.2, 0) is 4.74 Å². The van der Waals surface area contributed by atoms with Gasteiger partial charge in [-0.3, -0.25) is 4.99 Å². The van der Waals surface area contributed by atoms with Gasteiger partial charge in [-0.25, -0.2) is 0 Å². The second-order valence-corrected chi connectivity index (χ2v) is 4.48. The van der Waals surface area contributed by atoms with Gasteiger partial charge in [0, 0.05) is 32.8 Å². The van der Waals surface area contributed by atoms with Crippen molar-refractivity contribution in [1.29, 1.82) is 0 Å². The third-order valence-corrected chi connectivity index (χ3v) is 2.91. The fraction of sp³-hybridized carbons (Fsp3) is 0.917. The number of hydrogen-bond acceptors (Lipinski definition) is 2. The predicted molar refractivity (Wildman–Crippen MR) is 83.0 cm³/mol. The first-order valence-corrected chi connectivity index (χ1v) is 6.36. The van der Waals surface area contributed by atoms with Crippen molar-refractivity contribution in [2.24, 2.45) is 16.6 Å². The van der Waals surface area contributed by atoms with E-state index in [0.717, 1.165) is 45.2 Å². The first-order chi connectivity index (χ1) is 7.74. The van der Waals surface area contributed by atoms with Crippen molar-refractivity contribution in [3.63, 3.8) is 0 Å². The van der Waals surface area contributed by atoms with Crippen LogP contribution in [0.5, 0.6) is 0 Å². The lowest BCUT2D eigenvalue weighted by molar-refractivity contribution is 0.146. The number of ether oxygens (including phenoxy) is 1. The molecule has 1 rings (SSSR count). The van der Waals surface area contributed by atoms with Crippen LogP contribution in [0.2, 0.25) is 0 Å². The number of aliphatic imine (C=N–C) groups is 1. The molecule has 0 amide bonds. The van der Waals surface area contributed by atoms with Crippen LogP contribution in [0.25, 0.3) is 0 Å². The number of piperidine rings is 1. The highest BCUT2D eigenvalue weighted by Crippen LogP contribution is 2.14. The van der Waals surface area contributed by atoms with Gasteiger partial charge in [-0.05, 0) is 32.1 Å². The molecule has 1 atom stereocenters. The number of halogens is 1. The van der Waals surface area contributed by atoms with E-state index in [2.05, 4.69) is 16.8 Å². The zero-order chi connectivity index (χ0) is 11.8. The van der Waals surface area contributed by atoms with Crippen molar-refractivity contribution < 1.29 is 4.74 Å². The first-order valence-electron chi connectivity index (χ1n) is 6.36. The molecule has 0 bridgehead atoms. The number of hydrogen-bond donors (Lipinski definition) is 1. The molecule has 5 heteroatoms. The van der Waals surface area contributed by atoms with Gasteiger partial charge in [-0.15, -0.1) is 24.0 Å². The van der Waals surface area contributed by atoms with E-state index in [4.69, 9.17) is 10.5 Å². The van der Waals surface area contributed by atoms with Gasteiger partial charge < -0.3 is 15.4 Å². The number of rotatable bonds is 5. The normalized spacial score (nSPS) is 21.2. The third kappa shape index (κ3) is 7.08. The Morgan fingerprint density at radius 1 is 1.53 bits per heavy atom. The van der Waals surface area contributed by atoms with Crippen LogP contribution in [0.3, 0.4) is 0 Å². The Bertz CT molecular complexity index is 224. The standard InChI is InChI=1S/C12H25N3O.HI/c1-3-16-9-5-7-14-12(13)15-8-4-6-11(2)10-15;/h11H,3-10H2,1-2H3,(H2,13,14);1H. The SMILES string of the molecule is CCOCCCN=C(N)N1CCCC(C)C1.I. The summed E-state index contributed by atoms with van der Waals surface area (Å²) in [5.74, 6) is 1.45. The molecule has 1 saturated heterocycles. The van der Waals surface area contributed by atoms with Crippen LogP contribution in [0, 0.1) is 5.92 Å². The molecule has 0 spiro atoms.